The van der Waals surface area contributed by atoms with E-state index in [1.54, 1.807) is 0 Å². The van der Waals surface area contributed by atoms with E-state index in [-0.39, 0.29) is 0 Å². The molecule has 0 aromatic heterocycles. The molecule has 0 bridgehead atoms. The van der Waals surface area contributed by atoms with E-state index in [0.29, 0.717) is 0 Å². The van der Waals surface area contributed by atoms with Crippen LogP contribution in [-0.2, 0) is 10.2 Å². The normalized spacial score (nSPS) is 11.7. The molecule has 2 nitrogen and oxygen atoms in total. The van der Waals surface area contributed by atoms with Crippen molar-refractivity contribution >= 4 is 10.2 Å². The van der Waals surface area contributed by atoms with Gasteiger partial charge in [-0.05, 0) is 6.92 Å². The van der Waals surface area contributed by atoms with Crippen LogP contribution in [-0.4, -0.2) is 14.2 Å². The van der Waals surface area contributed by atoms with Gasteiger partial charge in [0.2, 0.25) is 0 Å². The average Bonchev–Trinajstić information content (AvgIpc) is 1.35. The molecule has 0 saturated heterocycles. The summed E-state index contributed by atoms with van der Waals surface area (Å²) in [6.45, 7) is 1.25. The van der Waals surface area contributed by atoms with Crippen LogP contribution in [0.25, 0.3) is 0 Å². The van der Waals surface area contributed by atoms with Crippen molar-refractivity contribution in [2.75, 3.05) is 5.75 Å². The largest absolute Gasteiger partial charge is 0.302 e. The molecule has 0 aliphatic heterocycles. The Morgan fingerprint density at radius 2 is 1.83 bits per heavy atom. The van der Waals surface area contributed by atoms with Gasteiger partial charge < -0.3 is 0 Å². The van der Waals surface area contributed by atoms with E-state index in [9.17, 15) is 12.3 Å². The zero-order chi connectivity index (χ0) is 5.21. The van der Waals surface area contributed by atoms with Gasteiger partial charge in [0.1, 0.15) is 0 Å². The second-order valence-corrected chi connectivity index (χ2v) is 2.48. The Hall–Kier alpha value is -0.120. The van der Waals surface area contributed by atoms with E-state index in [4.69, 9.17) is 0 Å². The molecule has 0 N–H and O–H groups in total. The van der Waals surface area contributed by atoms with Crippen LogP contribution in [0.5, 0.6) is 0 Å². The summed E-state index contributed by atoms with van der Waals surface area (Å²) in [5.41, 5.74) is 0. The average molecular weight is 112 g/mol. The Kier molecular flexibility index (Phi) is 1.52. The summed E-state index contributed by atoms with van der Waals surface area (Å²) in [7, 11) is -4.16. The van der Waals surface area contributed by atoms with E-state index >= 15 is 0 Å². The molecule has 38 valence electrons. The molecule has 0 aromatic rings. The topological polar surface area (TPSA) is 34.1 Å². The fourth-order valence-electron chi connectivity index (χ4n) is 0. The minimum absolute atomic E-state index is 0.424. The van der Waals surface area contributed by atoms with Crippen LogP contribution in [0.4, 0.5) is 3.89 Å². The van der Waals surface area contributed by atoms with Gasteiger partial charge in [-0.3, -0.25) is 0 Å². The Morgan fingerprint density at radius 3 is 1.83 bits per heavy atom. The molecular formula is C2H5FO2S. The molecule has 6 heavy (non-hydrogen) atoms. The van der Waals surface area contributed by atoms with E-state index in [2.05, 4.69) is 0 Å². The standard InChI is InChI=1S/C2H5FO2S/c1-2-6(3,4)5/h2H2,1H3. The van der Waals surface area contributed by atoms with Gasteiger partial charge in [0.25, 0.3) is 0 Å². The van der Waals surface area contributed by atoms with Crippen molar-refractivity contribution in [1.29, 1.82) is 0 Å². The van der Waals surface area contributed by atoms with Crippen molar-refractivity contribution in [3.05, 3.63) is 0 Å². The van der Waals surface area contributed by atoms with Crippen molar-refractivity contribution < 1.29 is 12.3 Å². The lowest BCUT2D eigenvalue weighted by Gasteiger charge is -1.75. The predicted molar refractivity (Wildman–Crippen MR) is 20.6 cm³/mol. The summed E-state index contributed by atoms with van der Waals surface area (Å²) < 4.78 is 29.8. The molecule has 0 spiro atoms. The van der Waals surface area contributed by atoms with Crippen molar-refractivity contribution in [3.63, 3.8) is 0 Å². The fourth-order valence-corrected chi connectivity index (χ4v) is 0. The Morgan fingerprint density at radius 1 is 1.67 bits per heavy atom. The highest BCUT2D eigenvalue weighted by molar-refractivity contribution is 7.86. The maximum Gasteiger partial charge on any atom is 0.302 e. The van der Waals surface area contributed by atoms with Gasteiger partial charge in [0.15, 0.2) is 0 Å². The van der Waals surface area contributed by atoms with E-state index < -0.39 is 16.0 Å². The summed E-state index contributed by atoms with van der Waals surface area (Å²) >= 11 is 0. The lowest BCUT2D eigenvalue weighted by molar-refractivity contribution is 0.553. The molecule has 0 fully saturated rings. The maximum absolute atomic E-state index is 11.1. The minimum atomic E-state index is -4.16. The van der Waals surface area contributed by atoms with Crippen LogP contribution in [0, 0.1) is 0 Å². The zero-order valence-electron chi connectivity index (χ0n) is 3.31. The first-order valence-corrected chi connectivity index (χ1v) is 3.04. The van der Waals surface area contributed by atoms with Crippen LogP contribution in [0.15, 0.2) is 0 Å². The molecule has 0 aliphatic carbocycles. The third-order valence-corrected chi connectivity index (χ3v) is 1.03. The molecule has 0 aromatic carbocycles. The van der Waals surface area contributed by atoms with Gasteiger partial charge in [-0.15, -0.1) is 3.89 Å². The quantitative estimate of drug-likeness (QED) is 0.457. The van der Waals surface area contributed by atoms with Crippen LogP contribution in [0.2, 0.25) is 0 Å². The third-order valence-electron chi connectivity index (χ3n) is 0.345. The molecular weight excluding hydrogens is 107 g/mol. The molecule has 0 atom stereocenters. The maximum atomic E-state index is 11.1. The summed E-state index contributed by atoms with van der Waals surface area (Å²) in [6, 6.07) is 0. The molecule has 0 saturated carbocycles. The van der Waals surface area contributed by atoms with Gasteiger partial charge in [0.05, 0.1) is 5.75 Å². The Bertz CT molecular complexity index is 114. The molecule has 4 heteroatoms. The summed E-state index contributed by atoms with van der Waals surface area (Å²) in [5, 5.41) is 0. The third kappa shape index (κ3) is 3.88. The van der Waals surface area contributed by atoms with Crippen LogP contribution in [0.1, 0.15) is 6.92 Å². The molecule has 0 heterocycles. The smallest absolute Gasteiger partial charge is 0.195 e. The van der Waals surface area contributed by atoms with Crippen LogP contribution >= 0.6 is 0 Å². The van der Waals surface area contributed by atoms with E-state index in [1.807, 2.05) is 0 Å². The Labute approximate surface area is 36.2 Å². The van der Waals surface area contributed by atoms with Gasteiger partial charge >= 0.3 is 10.2 Å². The molecule has 0 aliphatic rings. The Balaban J connectivity index is 3.85. The second kappa shape index (κ2) is 1.55. The van der Waals surface area contributed by atoms with E-state index in [0.717, 1.165) is 0 Å². The number of hydrogen-bond donors (Lipinski definition) is 0. The fraction of sp³-hybridized carbons (Fsp3) is 1.00. The van der Waals surface area contributed by atoms with Crippen LogP contribution < -0.4 is 0 Å². The van der Waals surface area contributed by atoms with Gasteiger partial charge in [-0.25, -0.2) is 0 Å². The molecule has 0 unspecified atom stereocenters. The molecule has 0 amide bonds. The summed E-state index contributed by atoms with van der Waals surface area (Å²) in [4.78, 5) is 0. The second-order valence-electron chi connectivity index (χ2n) is 0.828. The zero-order valence-corrected chi connectivity index (χ0v) is 4.13. The van der Waals surface area contributed by atoms with Gasteiger partial charge in [-0.1, -0.05) is 0 Å². The minimum Gasteiger partial charge on any atom is -0.195 e. The highest BCUT2D eigenvalue weighted by Gasteiger charge is 1.97. The monoisotopic (exact) mass is 112 g/mol. The lowest BCUT2D eigenvalue weighted by Crippen LogP contribution is -1.90. The summed E-state index contributed by atoms with van der Waals surface area (Å²) in [5.74, 6) is -0.424. The number of hydrogen-bond acceptors (Lipinski definition) is 2. The molecule has 0 rings (SSSR count). The number of rotatable bonds is 1. The number of halogens is 1. The molecule has 0 radical (unpaired) electrons. The summed E-state index contributed by atoms with van der Waals surface area (Å²) in [6.07, 6.45) is 0. The van der Waals surface area contributed by atoms with Crippen molar-refractivity contribution in [2.24, 2.45) is 0 Å². The first-order chi connectivity index (χ1) is 2.56. The van der Waals surface area contributed by atoms with Crippen molar-refractivity contribution in [2.45, 2.75) is 6.92 Å². The lowest BCUT2D eigenvalue weighted by atomic mass is 11.0. The predicted octanol–water partition coefficient (Wildman–Crippen LogP) is 0.306. The first-order valence-electron chi connectivity index (χ1n) is 1.48. The SMILES string of the molecule is CCS(=O)(=O)F. The van der Waals surface area contributed by atoms with Crippen LogP contribution in [0.3, 0.4) is 0 Å². The highest BCUT2D eigenvalue weighted by Crippen LogP contribution is 1.85. The van der Waals surface area contributed by atoms with Crippen molar-refractivity contribution in [3.8, 4) is 0 Å². The highest BCUT2D eigenvalue weighted by atomic mass is 32.3. The van der Waals surface area contributed by atoms with Crippen molar-refractivity contribution in [1.82, 2.24) is 0 Å². The van der Waals surface area contributed by atoms with Gasteiger partial charge in [-0.2, -0.15) is 8.42 Å². The van der Waals surface area contributed by atoms with E-state index in [1.165, 1.54) is 6.92 Å². The first kappa shape index (κ1) is 5.88. The van der Waals surface area contributed by atoms with Gasteiger partial charge in [0, 0.05) is 0 Å².